The molecular weight excluding hydrogens is 242 g/mol. The molecule has 0 radical (unpaired) electrons. The molecule has 0 atom stereocenters. The Morgan fingerprint density at radius 2 is 2.08 bits per heavy atom. The van der Waals surface area contributed by atoms with Crippen molar-refractivity contribution in [2.75, 3.05) is 0 Å². The summed E-state index contributed by atoms with van der Waals surface area (Å²) >= 11 is 5.75. The maximum absolute atomic E-state index is 8.64. The molecule has 0 unspecified atom stereocenters. The van der Waals surface area contributed by atoms with Crippen LogP contribution < -0.4 is 0 Å². The second-order valence-electron chi connectivity index (χ2n) is 1.92. The zero-order valence-electron chi connectivity index (χ0n) is 5.97. The molecule has 2 rings (SSSR count). The Morgan fingerprint density at radius 1 is 1.31 bits per heavy atom. The van der Waals surface area contributed by atoms with Crippen LogP contribution in [0.3, 0.4) is 0 Å². The van der Waals surface area contributed by atoms with E-state index in [4.69, 9.17) is 10.5 Å². The number of hydrogen-bond donors (Lipinski definition) is 0. The summed E-state index contributed by atoms with van der Waals surface area (Å²) in [5.41, 5.74) is 0.200. The molecule has 3 nitrogen and oxygen atoms in total. The number of rotatable bonds is 0. The van der Waals surface area contributed by atoms with Crippen LogP contribution in [0.15, 0.2) is 18.2 Å². The summed E-state index contributed by atoms with van der Waals surface area (Å²) in [6.07, 6.45) is 0. The van der Waals surface area contributed by atoms with Crippen molar-refractivity contribution in [1.29, 1.82) is 10.5 Å². The lowest BCUT2D eigenvalue weighted by Gasteiger charge is -1.87. The predicted molar refractivity (Wildman–Crippen MR) is 54.4 cm³/mol. The zero-order valence-corrected chi connectivity index (χ0v) is 9.24. The van der Waals surface area contributed by atoms with Crippen LogP contribution in [0.1, 0.15) is 0 Å². The van der Waals surface area contributed by atoms with Gasteiger partial charge in [0, 0.05) is 0 Å². The van der Waals surface area contributed by atoms with E-state index in [1.54, 1.807) is 0 Å². The van der Waals surface area contributed by atoms with Gasteiger partial charge in [-0.15, -0.1) is 0 Å². The summed E-state index contributed by atoms with van der Waals surface area (Å²) in [7, 11) is 0. The SMILES string of the molecule is N#CC(C#N)=C1Sc2sn[s+]c2S1. The average Bonchev–Trinajstić information content (AvgIpc) is 2.65. The van der Waals surface area contributed by atoms with Crippen molar-refractivity contribution >= 4 is 46.6 Å². The van der Waals surface area contributed by atoms with Gasteiger partial charge in [0.1, 0.15) is 12.1 Å². The quantitative estimate of drug-likeness (QED) is 0.517. The summed E-state index contributed by atoms with van der Waals surface area (Å²) in [6.45, 7) is 0. The maximum Gasteiger partial charge on any atom is 0.242 e. The van der Waals surface area contributed by atoms with Crippen LogP contribution in [0.4, 0.5) is 0 Å². The molecule has 0 aromatic carbocycles. The molecule has 0 spiro atoms. The van der Waals surface area contributed by atoms with E-state index in [0.29, 0.717) is 0 Å². The highest BCUT2D eigenvalue weighted by molar-refractivity contribution is 8.26. The summed E-state index contributed by atoms with van der Waals surface area (Å²) in [4.78, 5) is 0. The van der Waals surface area contributed by atoms with Gasteiger partial charge < -0.3 is 0 Å². The minimum Gasteiger partial charge on any atom is -0.192 e. The number of aromatic nitrogens is 1. The minimum absolute atomic E-state index is 0.200. The molecular formula is C6N3S4+. The summed E-state index contributed by atoms with van der Waals surface area (Å²) in [5.74, 6) is 0. The first-order valence-corrected chi connectivity index (χ1v) is 6.22. The summed E-state index contributed by atoms with van der Waals surface area (Å²) in [5, 5.41) is 17.3. The fourth-order valence-electron chi connectivity index (χ4n) is 0.689. The highest BCUT2D eigenvalue weighted by Crippen LogP contribution is 2.55. The zero-order chi connectivity index (χ0) is 9.26. The molecule has 1 aliphatic rings. The highest BCUT2D eigenvalue weighted by atomic mass is 32.2. The molecule has 0 N–H and O–H groups in total. The van der Waals surface area contributed by atoms with Gasteiger partial charge in [-0.1, -0.05) is 0 Å². The van der Waals surface area contributed by atoms with Crippen LogP contribution in [0.2, 0.25) is 0 Å². The molecule has 0 saturated carbocycles. The lowest BCUT2D eigenvalue weighted by Crippen LogP contribution is -1.73. The maximum atomic E-state index is 8.64. The Balaban J connectivity index is 2.39. The standard InChI is InChI=1S/C6N3S4/c7-1-3(2-8)4-10-5-6(11-4)13-9-12-5/q+1. The van der Waals surface area contributed by atoms with Gasteiger partial charge in [-0.25, -0.2) is 0 Å². The molecule has 0 saturated heterocycles. The Morgan fingerprint density at radius 3 is 2.69 bits per heavy atom. The first-order chi connectivity index (χ1) is 6.35. The largest absolute Gasteiger partial charge is 0.242 e. The normalized spacial score (nSPS) is 13.2. The van der Waals surface area contributed by atoms with E-state index < -0.39 is 0 Å². The van der Waals surface area contributed by atoms with Crippen molar-refractivity contribution in [1.82, 2.24) is 3.76 Å². The van der Waals surface area contributed by atoms with Crippen molar-refractivity contribution in [3.8, 4) is 12.1 Å². The third-order valence-corrected chi connectivity index (χ3v) is 6.06. The Kier molecular flexibility index (Phi) is 2.51. The average molecular weight is 242 g/mol. The van der Waals surface area contributed by atoms with Gasteiger partial charge in [0.05, 0.1) is 8.00 Å². The number of allylic oxidation sites excluding steroid dienone is 1. The first-order valence-electron chi connectivity index (χ1n) is 3.04. The lowest BCUT2D eigenvalue weighted by molar-refractivity contribution is 1.47. The lowest BCUT2D eigenvalue weighted by atomic mass is 10.4. The van der Waals surface area contributed by atoms with Crippen LogP contribution in [0.25, 0.3) is 0 Å². The van der Waals surface area contributed by atoms with Crippen LogP contribution in [-0.4, -0.2) is 3.76 Å². The molecule has 0 amide bonds. The first kappa shape index (κ1) is 8.97. The van der Waals surface area contributed by atoms with Crippen LogP contribution in [0.5, 0.6) is 0 Å². The molecule has 1 aromatic rings. The Bertz CT molecular complexity index is 422. The van der Waals surface area contributed by atoms with E-state index in [9.17, 15) is 0 Å². The molecule has 13 heavy (non-hydrogen) atoms. The van der Waals surface area contributed by atoms with Gasteiger partial charge in [-0.2, -0.15) is 10.5 Å². The molecule has 1 aromatic heterocycles. The monoisotopic (exact) mass is 242 g/mol. The van der Waals surface area contributed by atoms with E-state index in [2.05, 4.69) is 3.76 Å². The second-order valence-corrected chi connectivity index (χ2v) is 6.52. The fraction of sp³-hybridized carbons (Fsp3) is 0. The molecule has 0 bridgehead atoms. The van der Waals surface area contributed by atoms with Crippen LogP contribution in [0, 0.1) is 22.7 Å². The molecule has 62 valence electrons. The Labute approximate surface area is 91.0 Å². The van der Waals surface area contributed by atoms with Gasteiger partial charge in [0.15, 0.2) is 5.57 Å². The Hall–Kier alpha value is -0.600. The highest BCUT2D eigenvalue weighted by Gasteiger charge is 2.32. The number of thioether (sulfide) groups is 2. The van der Waals surface area contributed by atoms with E-state index >= 15 is 0 Å². The van der Waals surface area contributed by atoms with Crippen molar-refractivity contribution in [2.45, 2.75) is 8.42 Å². The predicted octanol–water partition coefficient (Wildman–Crippen LogP) is 2.94. The summed E-state index contributed by atoms with van der Waals surface area (Å²) < 4.78 is 7.01. The van der Waals surface area contributed by atoms with Crippen molar-refractivity contribution in [3.63, 3.8) is 0 Å². The molecule has 7 heteroatoms. The molecule has 0 fully saturated rings. The third kappa shape index (κ3) is 1.56. The van der Waals surface area contributed by atoms with E-state index in [1.165, 1.54) is 46.6 Å². The van der Waals surface area contributed by atoms with Crippen LogP contribution >= 0.6 is 46.6 Å². The van der Waals surface area contributed by atoms with Crippen LogP contribution in [-0.2, 0) is 0 Å². The van der Waals surface area contributed by atoms with E-state index in [1.807, 2.05) is 12.1 Å². The topological polar surface area (TPSA) is 60.5 Å². The number of fused-ring (bicyclic) bond motifs is 1. The third-order valence-electron chi connectivity index (χ3n) is 1.21. The number of hydrogen-bond acceptors (Lipinski definition) is 6. The van der Waals surface area contributed by atoms with E-state index in [-0.39, 0.29) is 5.57 Å². The minimum atomic E-state index is 0.200. The van der Waals surface area contributed by atoms with Crippen molar-refractivity contribution in [2.24, 2.45) is 0 Å². The van der Waals surface area contributed by atoms with Crippen molar-refractivity contribution < 1.29 is 0 Å². The van der Waals surface area contributed by atoms with E-state index in [0.717, 1.165) is 12.7 Å². The van der Waals surface area contributed by atoms with Gasteiger partial charge in [-0.3, -0.25) is 0 Å². The van der Waals surface area contributed by atoms with Gasteiger partial charge in [0.25, 0.3) is 0 Å². The number of nitriles is 2. The van der Waals surface area contributed by atoms with Gasteiger partial charge in [-0.05, 0) is 23.5 Å². The second kappa shape index (κ2) is 3.64. The summed E-state index contributed by atoms with van der Waals surface area (Å²) in [6, 6.07) is 3.77. The fourth-order valence-corrected chi connectivity index (χ4v) is 5.70. The molecule has 1 aliphatic heterocycles. The van der Waals surface area contributed by atoms with Crippen molar-refractivity contribution in [3.05, 3.63) is 9.81 Å². The molecule has 2 heterocycles. The molecule has 0 aliphatic carbocycles. The van der Waals surface area contributed by atoms with Gasteiger partial charge in [0.2, 0.25) is 31.5 Å². The smallest absolute Gasteiger partial charge is 0.192 e. The number of nitrogens with zero attached hydrogens (tertiary/aromatic N) is 3. The van der Waals surface area contributed by atoms with Gasteiger partial charge >= 0.3 is 0 Å².